The zero-order chi connectivity index (χ0) is 18.7. The second kappa shape index (κ2) is 6.03. The molecule has 2 aliphatic carbocycles. The smallest absolute Gasteiger partial charge is 0.310 e. The lowest BCUT2D eigenvalue weighted by Gasteiger charge is -2.48. The number of rotatable bonds is 3. The van der Waals surface area contributed by atoms with Gasteiger partial charge >= 0.3 is 5.97 Å². The number of carbonyl (C=O) groups is 2. The molecule has 0 aromatic heterocycles. The van der Waals surface area contributed by atoms with E-state index in [0.29, 0.717) is 13.0 Å². The number of fused-ring (bicyclic) bond motifs is 3. The third-order valence-corrected chi connectivity index (χ3v) is 7.19. The first-order valence-electron chi connectivity index (χ1n) is 9.32. The van der Waals surface area contributed by atoms with E-state index in [-0.39, 0.29) is 35.5 Å². The van der Waals surface area contributed by atoms with E-state index in [1.165, 1.54) is 0 Å². The van der Waals surface area contributed by atoms with E-state index in [1.54, 1.807) is 0 Å². The van der Waals surface area contributed by atoms with E-state index in [4.69, 9.17) is 4.74 Å². The molecule has 3 rings (SSSR count). The summed E-state index contributed by atoms with van der Waals surface area (Å²) in [4.78, 5) is 29.7. The van der Waals surface area contributed by atoms with Gasteiger partial charge in [-0.05, 0) is 53.9 Å². The Labute approximate surface area is 150 Å². The van der Waals surface area contributed by atoms with Crippen molar-refractivity contribution in [1.29, 1.82) is 0 Å². The Bertz CT molecular complexity index is 578. The van der Waals surface area contributed by atoms with Crippen LogP contribution in [-0.4, -0.2) is 79.1 Å². The molecule has 0 aromatic rings. The third-order valence-electron chi connectivity index (χ3n) is 7.19. The number of ketones is 1. The van der Waals surface area contributed by atoms with Gasteiger partial charge in [-0.1, -0.05) is 6.92 Å². The number of Topliss-reactive ketones (excluding diaryl/α,β-unsaturated/α-hetero) is 1. The SMILES string of the molecule is C[C@H]1CC[C@H]2C(CN(C)C)C(=O)O[C@H]2[C@]2(C)C(=O)CC(N(C)C)[C@@]12O. The molecule has 2 saturated carbocycles. The molecule has 6 nitrogen and oxygen atoms in total. The van der Waals surface area contributed by atoms with Crippen molar-refractivity contribution in [2.45, 2.75) is 50.9 Å². The number of esters is 1. The summed E-state index contributed by atoms with van der Waals surface area (Å²) in [6, 6.07) is -0.245. The van der Waals surface area contributed by atoms with E-state index in [9.17, 15) is 14.7 Å². The van der Waals surface area contributed by atoms with Crippen LogP contribution in [0.5, 0.6) is 0 Å². The maximum atomic E-state index is 13.1. The molecule has 0 bridgehead atoms. The van der Waals surface area contributed by atoms with E-state index >= 15 is 0 Å². The van der Waals surface area contributed by atoms with Gasteiger partial charge in [-0.3, -0.25) is 9.59 Å². The van der Waals surface area contributed by atoms with Crippen molar-refractivity contribution in [2.75, 3.05) is 34.7 Å². The van der Waals surface area contributed by atoms with Crippen LogP contribution >= 0.6 is 0 Å². The maximum absolute atomic E-state index is 13.1. The molecular weight excluding hydrogens is 320 g/mol. The lowest BCUT2D eigenvalue weighted by atomic mass is 9.63. The van der Waals surface area contributed by atoms with Crippen LogP contribution in [0.15, 0.2) is 0 Å². The van der Waals surface area contributed by atoms with Crippen LogP contribution in [-0.2, 0) is 14.3 Å². The van der Waals surface area contributed by atoms with Gasteiger partial charge < -0.3 is 19.6 Å². The summed E-state index contributed by atoms with van der Waals surface area (Å²) in [6.07, 6.45) is 1.38. The number of aliphatic hydroxyl groups is 1. The van der Waals surface area contributed by atoms with Gasteiger partial charge in [0.25, 0.3) is 0 Å². The fourth-order valence-electron chi connectivity index (χ4n) is 5.77. The Kier molecular flexibility index (Phi) is 4.54. The number of ether oxygens (including phenoxy) is 1. The molecule has 25 heavy (non-hydrogen) atoms. The molecule has 0 aromatic carbocycles. The first kappa shape index (κ1) is 18.8. The third kappa shape index (κ3) is 2.41. The minimum Gasteiger partial charge on any atom is -0.461 e. The first-order valence-corrected chi connectivity index (χ1v) is 9.32. The van der Waals surface area contributed by atoms with Crippen LogP contribution in [0.3, 0.4) is 0 Å². The Morgan fingerprint density at radius 1 is 1.20 bits per heavy atom. The standard InChI is InChI=1S/C19H32N2O4/c1-11-7-8-12-13(10-20(3)4)17(23)25-16(12)18(2)15(22)9-14(21(5)6)19(11,18)24/h11-14,16,24H,7-10H2,1-6H3/t11-,12-,13?,14?,16+,18-,19-/m0/s1. The average Bonchev–Trinajstić information content (AvgIpc) is 2.90. The van der Waals surface area contributed by atoms with E-state index in [0.717, 1.165) is 12.8 Å². The summed E-state index contributed by atoms with van der Waals surface area (Å²) in [5, 5.41) is 11.9. The predicted octanol–water partition coefficient (Wildman–Crippen LogP) is 0.776. The van der Waals surface area contributed by atoms with Gasteiger partial charge in [-0.25, -0.2) is 0 Å². The van der Waals surface area contributed by atoms with E-state index < -0.39 is 17.1 Å². The molecule has 3 fully saturated rings. The molecule has 6 heteroatoms. The van der Waals surface area contributed by atoms with Crippen molar-refractivity contribution in [1.82, 2.24) is 9.80 Å². The minimum absolute atomic E-state index is 0.0127. The molecule has 1 saturated heterocycles. The van der Waals surface area contributed by atoms with Gasteiger partial charge in [-0.2, -0.15) is 0 Å². The van der Waals surface area contributed by atoms with Crippen molar-refractivity contribution in [3.8, 4) is 0 Å². The number of likely N-dealkylation sites (N-methyl/N-ethyl adjacent to an activating group) is 1. The Balaban J connectivity index is 2.07. The van der Waals surface area contributed by atoms with Crippen LogP contribution in [0.1, 0.15) is 33.1 Å². The highest BCUT2D eigenvalue weighted by atomic mass is 16.6. The topological polar surface area (TPSA) is 70.1 Å². The zero-order valence-electron chi connectivity index (χ0n) is 16.3. The predicted molar refractivity (Wildman–Crippen MR) is 94.0 cm³/mol. The molecule has 1 heterocycles. The van der Waals surface area contributed by atoms with E-state index in [2.05, 4.69) is 0 Å². The lowest BCUT2D eigenvalue weighted by Crippen LogP contribution is -2.62. The summed E-state index contributed by atoms with van der Waals surface area (Å²) in [7, 11) is 7.71. The van der Waals surface area contributed by atoms with Crippen molar-refractivity contribution in [3.63, 3.8) is 0 Å². The highest BCUT2D eigenvalue weighted by molar-refractivity contribution is 5.91. The summed E-state index contributed by atoms with van der Waals surface area (Å²) in [5.41, 5.74) is -2.22. The van der Waals surface area contributed by atoms with Gasteiger partial charge in [0.15, 0.2) is 0 Å². The number of nitrogens with zero attached hydrogens (tertiary/aromatic N) is 2. The van der Waals surface area contributed by atoms with Gasteiger partial charge in [0, 0.05) is 24.9 Å². The molecule has 1 N–H and O–H groups in total. The fraction of sp³-hybridized carbons (Fsp3) is 0.895. The van der Waals surface area contributed by atoms with E-state index in [1.807, 2.05) is 51.8 Å². The highest BCUT2D eigenvalue weighted by Gasteiger charge is 2.72. The van der Waals surface area contributed by atoms with Crippen LogP contribution in [0.25, 0.3) is 0 Å². The van der Waals surface area contributed by atoms with Crippen LogP contribution in [0.4, 0.5) is 0 Å². The molecule has 3 aliphatic rings. The molecule has 1 aliphatic heterocycles. The largest absolute Gasteiger partial charge is 0.461 e. The summed E-state index contributed by atoms with van der Waals surface area (Å²) >= 11 is 0. The first-order chi connectivity index (χ1) is 11.5. The zero-order valence-corrected chi connectivity index (χ0v) is 16.3. The van der Waals surface area contributed by atoms with Crippen LogP contribution < -0.4 is 0 Å². The normalized spacial score (nSPS) is 47.0. The molecule has 142 valence electrons. The summed E-state index contributed by atoms with van der Waals surface area (Å²) in [6.45, 7) is 4.50. The van der Waals surface area contributed by atoms with Gasteiger partial charge in [0.2, 0.25) is 0 Å². The van der Waals surface area contributed by atoms with Gasteiger partial charge in [0.05, 0.1) is 16.9 Å². The summed E-state index contributed by atoms with van der Waals surface area (Å²) in [5.74, 6) is -0.460. The van der Waals surface area contributed by atoms with Crippen LogP contribution in [0.2, 0.25) is 0 Å². The molecule has 0 spiro atoms. The quantitative estimate of drug-likeness (QED) is 0.757. The maximum Gasteiger partial charge on any atom is 0.310 e. The molecule has 7 atom stereocenters. The minimum atomic E-state index is -1.18. The number of hydrogen-bond donors (Lipinski definition) is 1. The van der Waals surface area contributed by atoms with Crippen molar-refractivity contribution < 1.29 is 19.4 Å². The van der Waals surface area contributed by atoms with Crippen LogP contribution in [0, 0.1) is 23.2 Å². The Hall–Kier alpha value is -0.980. The number of hydrogen-bond acceptors (Lipinski definition) is 6. The summed E-state index contributed by atoms with van der Waals surface area (Å²) < 4.78 is 5.82. The second-order valence-corrected chi connectivity index (χ2v) is 9.00. The van der Waals surface area contributed by atoms with Gasteiger partial charge in [0.1, 0.15) is 11.9 Å². The lowest BCUT2D eigenvalue weighted by molar-refractivity contribution is -0.180. The average molecular weight is 352 g/mol. The molecule has 2 unspecified atom stereocenters. The number of carbonyl (C=O) groups excluding carboxylic acids is 2. The second-order valence-electron chi connectivity index (χ2n) is 9.00. The molecule has 0 amide bonds. The van der Waals surface area contributed by atoms with Gasteiger partial charge in [-0.15, -0.1) is 0 Å². The Morgan fingerprint density at radius 3 is 2.40 bits per heavy atom. The molecule has 0 radical (unpaired) electrons. The van der Waals surface area contributed by atoms with Crippen molar-refractivity contribution in [2.24, 2.45) is 23.2 Å². The highest BCUT2D eigenvalue weighted by Crippen LogP contribution is 2.59. The molecular formula is C19H32N2O4. The monoisotopic (exact) mass is 352 g/mol. The van der Waals surface area contributed by atoms with Crippen molar-refractivity contribution in [3.05, 3.63) is 0 Å². The fourth-order valence-corrected chi connectivity index (χ4v) is 5.77. The van der Waals surface area contributed by atoms with Crippen molar-refractivity contribution >= 4 is 11.8 Å². The Morgan fingerprint density at radius 2 is 1.84 bits per heavy atom.